The van der Waals surface area contributed by atoms with Crippen molar-refractivity contribution in [2.45, 2.75) is 19.3 Å². The van der Waals surface area contributed by atoms with Crippen LogP contribution in [0.3, 0.4) is 0 Å². The first kappa shape index (κ1) is 11.3. The first-order valence-corrected chi connectivity index (χ1v) is 5.53. The lowest BCUT2D eigenvalue weighted by Crippen LogP contribution is -1.94. The van der Waals surface area contributed by atoms with Crippen LogP contribution in [0.4, 0.5) is 0 Å². The Bertz CT molecular complexity index is 529. The summed E-state index contributed by atoms with van der Waals surface area (Å²) in [4.78, 5) is 8.32. The van der Waals surface area contributed by atoms with Gasteiger partial charge in [0.05, 0.1) is 6.07 Å². The Morgan fingerprint density at radius 3 is 2.76 bits per heavy atom. The van der Waals surface area contributed by atoms with Crippen LogP contribution in [0.1, 0.15) is 24.8 Å². The fourth-order valence-corrected chi connectivity index (χ4v) is 1.67. The van der Waals surface area contributed by atoms with Gasteiger partial charge in [0.15, 0.2) is 0 Å². The monoisotopic (exact) mass is 223 g/mol. The summed E-state index contributed by atoms with van der Waals surface area (Å²) in [6, 6.07) is 8.17. The normalized spacial score (nSPS) is 11.8. The van der Waals surface area contributed by atoms with Gasteiger partial charge in [0.25, 0.3) is 0 Å². The smallest absolute Gasteiger partial charge is 0.0628 e. The Kier molecular flexibility index (Phi) is 3.46. The van der Waals surface area contributed by atoms with Crippen LogP contribution in [0.25, 0.3) is 11.1 Å². The van der Waals surface area contributed by atoms with E-state index in [1.165, 1.54) is 0 Å². The van der Waals surface area contributed by atoms with Gasteiger partial charge in [0, 0.05) is 42.3 Å². The average molecular weight is 223 g/mol. The fourth-order valence-electron chi connectivity index (χ4n) is 1.67. The molecule has 2 heterocycles. The zero-order valence-corrected chi connectivity index (χ0v) is 9.67. The third kappa shape index (κ3) is 2.67. The lowest BCUT2D eigenvalue weighted by molar-refractivity contribution is 0.784. The highest BCUT2D eigenvalue weighted by Crippen LogP contribution is 2.23. The molecule has 0 radical (unpaired) electrons. The fraction of sp³-hybridized carbons (Fsp3) is 0.214. The van der Waals surface area contributed by atoms with Crippen LogP contribution in [-0.2, 0) is 0 Å². The van der Waals surface area contributed by atoms with Crippen LogP contribution in [0.2, 0.25) is 0 Å². The molecule has 1 atom stereocenters. The quantitative estimate of drug-likeness (QED) is 0.803. The van der Waals surface area contributed by atoms with Crippen LogP contribution >= 0.6 is 0 Å². The molecule has 0 saturated heterocycles. The van der Waals surface area contributed by atoms with Gasteiger partial charge >= 0.3 is 0 Å². The molecule has 0 N–H and O–H groups in total. The minimum atomic E-state index is 0.212. The summed E-state index contributed by atoms with van der Waals surface area (Å²) in [6.07, 6.45) is 7.72. The van der Waals surface area contributed by atoms with Gasteiger partial charge in [-0.15, -0.1) is 0 Å². The van der Waals surface area contributed by atoms with E-state index in [-0.39, 0.29) is 5.92 Å². The maximum atomic E-state index is 8.70. The van der Waals surface area contributed by atoms with Crippen molar-refractivity contribution < 1.29 is 0 Å². The van der Waals surface area contributed by atoms with E-state index >= 15 is 0 Å². The highest BCUT2D eigenvalue weighted by atomic mass is 14.6. The van der Waals surface area contributed by atoms with E-state index in [9.17, 15) is 0 Å². The van der Waals surface area contributed by atoms with E-state index in [1.54, 1.807) is 6.20 Å². The first-order chi connectivity index (χ1) is 8.31. The van der Waals surface area contributed by atoms with Crippen molar-refractivity contribution in [2.24, 2.45) is 0 Å². The molecule has 17 heavy (non-hydrogen) atoms. The summed E-state index contributed by atoms with van der Waals surface area (Å²) >= 11 is 0. The number of rotatable bonds is 3. The maximum absolute atomic E-state index is 8.70. The molecule has 0 aliphatic carbocycles. The van der Waals surface area contributed by atoms with Crippen LogP contribution in [0.5, 0.6) is 0 Å². The van der Waals surface area contributed by atoms with Crippen LogP contribution in [0, 0.1) is 11.3 Å². The third-order valence-corrected chi connectivity index (χ3v) is 2.72. The van der Waals surface area contributed by atoms with Crippen molar-refractivity contribution >= 4 is 0 Å². The summed E-state index contributed by atoms with van der Waals surface area (Å²) in [5, 5.41) is 8.70. The van der Waals surface area contributed by atoms with Gasteiger partial charge in [-0.3, -0.25) is 9.97 Å². The van der Waals surface area contributed by atoms with Crippen LogP contribution in [-0.4, -0.2) is 9.97 Å². The van der Waals surface area contributed by atoms with Crippen molar-refractivity contribution in [3.05, 3.63) is 48.5 Å². The third-order valence-electron chi connectivity index (χ3n) is 2.72. The molecule has 0 saturated carbocycles. The number of pyridine rings is 2. The van der Waals surface area contributed by atoms with Gasteiger partial charge in [-0.05, 0) is 23.6 Å². The van der Waals surface area contributed by atoms with Crippen molar-refractivity contribution in [3.8, 4) is 17.2 Å². The van der Waals surface area contributed by atoms with Crippen molar-refractivity contribution in [2.75, 3.05) is 0 Å². The summed E-state index contributed by atoms with van der Waals surface area (Å²) in [7, 11) is 0. The Morgan fingerprint density at radius 2 is 2.06 bits per heavy atom. The maximum Gasteiger partial charge on any atom is 0.0628 e. The minimum Gasteiger partial charge on any atom is -0.264 e. The molecule has 1 unspecified atom stereocenters. The topological polar surface area (TPSA) is 49.6 Å². The second-order valence-corrected chi connectivity index (χ2v) is 4.01. The van der Waals surface area contributed by atoms with E-state index in [4.69, 9.17) is 5.26 Å². The van der Waals surface area contributed by atoms with E-state index in [0.717, 1.165) is 16.7 Å². The molecule has 0 aromatic carbocycles. The zero-order chi connectivity index (χ0) is 12.1. The lowest BCUT2D eigenvalue weighted by atomic mass is 9.97. The Morgan fingerprint density at radius 1 is 1.24 bits per heavy atom. The van der Waals surface area contributed by atoms with Gasteiger partial charge in [-0.2, -0.15) is 5.26 Å². The molecular formula is C14H13N3. The molecule has 0 bridgehead atoms. The molecular weight excluding hydrogens is 210 g/mol. The number of nitriles is 1. The van der Waals surface area contributed by atoms with E-state index in [1.807, 2.05) is 37.6 Å². The van der Waals surface area contributed by atoms with E-state index < -0.39 is 0 Å². The predicted molar refractivity (Wildman–Crippen MR) is 66.1 cm³/mol. The number of hydrogen-bond donors (Lipinski definition) is 0. The molecule has 0 fully saturated rings. The molecule has 0 amide bonds. The number of hydrogen-bond acceptors (Lipinski definition) is 3. The van der Waals surface area contributed by atoms with E-state index in [2.05, 4.69) is 22.1 Å². The van der Waals surface area contributed by atoms with Crippen molar-refractivity contribution in [1.29, 1.82) is 5.26 Å². The molecule has 3 heteroatoms. The van der Waals surface area contributed by atoms with Gasteiger partial charge in [0.2, 0.25) is 0 Å². The molecule has 84 valence electrons. The molecule has 0 spiro atoms. The molecule has 2 aromatic rings. The minimum absolute atomic E-state index is 0.212. The van der Waals surface area contributed by atoms with Gasteiger partial charge in [0.1, 0.15) is 0 Å². The van der Waals surface area contributed by atoms with Gasteiger partial charge < -0.3 is 0 Å². The summed E-state index contributed by atoms with van der Waals surface area (Å²) < 4.78 is 0. The van der Waals surface area contributed by atoms with Crippen molar-refractivity contribution in [3.63, 3.8) is 0 Å². The number of aromatic nitrogens is 2. The molecule has 3 nitrogen and oxygen atoms in total. The second-order valence-electron chi connectivity index (χ2n) is 4.01. The lowest BCUT2D eigenvalue weighted by Gasteiger charge is -2.08. The summed E-state index contributed by atoms with van der Waals surface area (Å²) in [5.74, 6) is 0.212. The standard InChI is InChI=1S/C14H13N3/c1-11(4-5-15)13-7-14(10-17-9-13)12-3-2-6-16-8-12/h2-3,6-11H,4H2,1H3. The average Bonchev–Trinajstić information content (AvgIpc) is 2.40. The first-order valence-electron chi connectivity index (χ1n) is 5.53. The second kappa shape index (κ2) is 5.22. The zero-order valence-electron chi connectivity index (χ0n) is 9.67. The number of nitrogens with zero attached hydrogens (tertiary/aromatic N) is 3. The SMILES string of the molecule is CC(CC#N)c1cncc(-c2cccnc2)c1. The Labute approximate surface area is 101 Å². The highest BCUT2D eigenvalue weighted by Gasteiger charge is 2.07. The molecule has 0 aliphatic rings. The van der Waals surface area contributed by atoms with Crippen molar-refractivity contribution in [1.82, 2.24) is 9.97 Å². The Balaban J connectivity index is 2.33. The van der Waals surface area contributed by atoms with E-state index in [0.29, 0.717) is 6.42 Å². The highest BCUT2D eigenvalue weighted by molar-refractivity contribution is 5.61. The molecule has 2 aromatic heterocycles. The van der Waals surface area contributed by atoms with Gasteiger partial charge in [-0.1, -0.05) is 13.0 Å². The molecule has 2 rings (SSSR count). The summed E-state index contributed by atoms with van der Waals surface area (Å²) in [5.41, 5.74) is 3.18. The molecule has 0 aliphatic heterocycles. The van der Waals surface area contributed by atoms with Gasteiger partial charge in [-0.25, -0.2) is 0 Å². The Hall–Kier alpha value is -2.21. The largest absolute Gasteiger partial charge is 0.264 e. The van der Waals surface area contributed by atoms with Crippen LogP contribution < -0.4 is 0 Å². The summed E-state index contributed by atoms with van der Waals surface area (Å²) in [6.45, 7) is 2.03. The predicted octanol–water partition coefficient (Wildman–Crippen LogP) is 3.16. The van der Waals surface area contributed by atoms with Crippen LogP contribution in [0.15, 0.2) is 43.0 Å².